The molecule has 1 aromatic heterocycles. The minimum absolute atomic E-state index is 0.0145. The van der Waals surface area contributed by atoms with Gasteiger partial charge in [-0.05, 0) is 71.3 Å². The number of amides is 1. The number of aromatic amines is 1. The zero-order valence-corrected chi connectivity index (χ0v) is 20.5. The fraction of sp³-hybridized carbons (Fsp3) is 0.300. The van der Waals surface area contributed by atoms with E-state index < -0.39 is 0 Å². The number of carbonyl (C=O) groups is 1. The lowest BCUT2D eigenvalue weighted by atomic mass is 9.68. The highest BCUT2D eigenvalue weighted by atomic mass is 16.5. The van der Waals surface area contributed by atoms with Crippen LogP contribution in [-0.2, 0) is 18.6 Å². The quantitative estimate of drug-likeness (QED) is 0.369. The van der Waals surface area contributed by atoms with Crippen molar-refractivity contribution in [1.82, 2.24) is 9.88 Å². The van der Waals surface area contributed by atoms with Crippen LogP contribution in [0.15, 0.2) is 79.0 Å². The third-order valence-corrected chi connectivity index (χ3v) is 7.75. The van der Waals surface area contributed by atoms with Crippen LogP contribution < -0.4 is 10.5 Å². The van der Waals surface area contributed by atoms with Crippen LogP contribution in [-0.4, -0.2) is 28.9 Å². The molecule has 35 heavy (non-hydrogen) atoms. The second kappa shape index (κ2) is 9.59. The predicted molar refractivity (Wildman–Crippen MR) is 140 cm³/mol. The third-order valence-electron chi connectivity index (χ3n) is 7.75. The molecule has 0 spiro atoms. The number of likely N-dealkylation sites (tertiary alicyclic amines) is 1. The number of hydrogen-bond donors (Lipinski definition) is 2. The highest BCUT2D eigenvalue weighted by Crippen LogP contribution is 2.40. The molecule has 0 saturated carbocycles. The summed E-state index contributed by atoms with van der Waals surface area (Å²) in [6, 6.07) is 24.4. The summed E-state index contributed by atoms with van der Waals surface area (Å²) in [7, 11) is 0. The zero-order valence-electron chi connectivity index (χ0n) is 20.5. The molecule has 0 bridgehead atoms. The predicted octanol–water partition coefficient (Wildman–Crippen LogP) is 5.65. The molecule has 180 valence electrons. The largest absolute Gasteiger partial charge is 0.489 e. The fourth-order valence-corrected chi connectivity index (χ4v) is 5.28. The standard InChI is InChI=1S/C30H33N3O2/c1-21-18-33(14-13-30(21,2)25-10-6-9-23(15-25)29(31)34)19-24-17-32-28-12-11-26(16-27(24)28)35-20-22-7-4-3-5-8-22/h3-12,15-17,21,32H,13-14,18-20H2,1-2H3,(H2,31,34)/t21-,30+/m0/s1. The summed E-state index contributed by atoms with van der Waals surface area (Å²) in [5.41, 5.74) is 10.9. The SMILES string of the molecule is C[C@H]1CN(Cc2c[nH]c3ccc(OCc4ccccc4)cc23)CC[C@@]1(C)c1cccc(C(N)=O)c1. The average molecular weight is 468 g/mol. The van der Waals surface area contributed by atoms with Gasteiger partial charge >= 0.3 is 0 Å². The smallest absolute Gasteiger partial charge is 0.248 e. The Morgan fingerprint density at radius 2 is 1.94 bits per heavy atom. The van der Waals surface area contributed by atoms with Gasteiger partial charge in [-0.3, -0.25) is 9.69 Å². The van der Waals surface area contributed by atoms with Crippen LogP contribution in [0, 0.1) is 5.92 Å². The summed E-state index contributed by atoms with van der Waals surface area (Å²) in [5, 5.41) is 1.21. The van der Waals surface area contributed by atoms with E-state index in [0.29, 0.717) is 18.1 Å². The van der Waals surface area contributed by atoms with Gasteiger partial charge in [0.2, 0.25) is 5.91 Å². The van der Waals surface area contributed by atoms with Crippen LogP contribution in [0.25, 0.3) is 10.9 Å². The Balaban J connectivity index is 1.28. The highest BCUT2D eigenvalue weighted by molar-refractivity contribution is 5.93. The molecule has 3 N–H and O–H groups in total. The second-order valence-corrected chi connectivity index (χ2v) is 10.0. The summed E-state index contributed by atoms with van der Waals surface area (Å²) in [5.74, 6) is 0.956. The summed E-state index contributed by atoms with van der Waals surface area (Å²) in [6.45, 7) is 8.08. The van der Waals surface area contributed by atoms with E-state index in [9.17, 15) is 4.79 Å². The number of carbonyl (C=O) groups excluding carboxylic acids is 1. The van der Waals surface area contributed by atoms with E-state index in [1.54, 1.807) is 6.07 Å². The first kappa shape index (κ1) is 23.2. The molecular weight excluding hydrogens is 434 g/mol. The first-order chi connectivity index (χ1) is 16.9. The lowest BCUT2D eigenvalue weighted by Crippen LogP contribution is -2.47. The van der Waals surface area contributed by atoms with E-state index in [2.05, 4.69) is 60.3 Å². The van der Waals surface area contributed by atoms with Crippen molar-refractivity contribution in [2.24, 2.45) is 11.7 Å². The molecule has 2 atom stereocenters. The number of rotatable bonds is 7. The highest BCUT2D eigenvalue weighted by Gasteiger charge is 2.38. The van der Waals surface area contributed by atoms with E-state index in [1.165, 1.54) is 16.5 Å². The van der Waals surface area contributed by atoms with E-state index in [4.69, 9.17) is 10.5 Å². The van der Waals surface area contributed by atoms with Gasteiger partial charge in [0.15, 0.2) is 0 Å². The van der Waals surface area contributed by atoms with Gasteiger partial charge in [-0.25, -0.2) is 0 Å². The Morgan fingerprint density at radius 3 is 2.71 bits per heavy atom. The van der Waals surface area contributed by atoms with E-state index in [1.807, 2.05) is 36.4 Å². The number of piperidine rings is 1. The maximum absolute atomic E-state index is 11.7. The lowest BCUT2D eigenvalue weighted by molar-refractivity contribution is 0.0996. The number of fused-ring (bicyclic) bond motifs is 1. The number of nitrogens with zero attached hydrogens (tertiary/aromatic N) is 1. The number of nitrogens with one attached hydrogen (secondary N) is 1. The molecule has 5 nitrogen and oxygen atoms in total. The number of benzene rings is 3. The molecule has 5 rings (SSSR count). The Kier molecular flexibility index (Phi) is 6.35. The topological polar surface area (TPSA) is 71.3 Å². The van der Waals surface area contributed by atoms with Crippen LogP contribution >= 0.6 is 0 Å². The van der Waals surface area contributed by atoms with Crippen molar-refractivity contribution in [3.8, 4) is 5.75 Å². The summed E-state index contributed by atoms with van der Waals surface area (Å²) >= 11 is 0. The molecule has 1 aliphatic rings. The van der Waals surface area contributed by atoms with Gasteiger partial charge in [0.25, 0.3) is 0 Å². The molecule has 1 amide bonds. The maximum atomic E-state index is 11.7. The van der Waals surface area contributed by atoms with Gasteiger partial charge in [-0.2, -0.15) is 0 Å². The van der Waals surface area contributed by atoms with E-state index >= 15 is 0 Å². The van der Waals surface area contributed by atoms with Crippen molar-refractivity contribution in [3.05, 3.63) is 101 Å². The molecular formula is C30H33N3O2. The van der Waals surface area contributed by atoms with Crippen LogP contribution in [0.3, 0.4) is 0 Å². The molecule has 5 heteroatoms. The molecule has 4 aromatic rings. The molecule has 0 unspecified atom stereocenters. The lowest BCUT2D eigenvalue weighted by Gasteiger charge is -2.45. The van der Waals surface area contributed by atoms with Crippen molar-refractivity contribution in [2.45, 2.75) is 38.8 Å². The number of H-pyrrole nitrogens is 1. The van der Waals surface area contributed by atoms with Gasteiger partial charge in [0, 0.05) is 35.8 Å². The van der Waals surface area contributed by atoms with Gasteiger partial charge in [-0.1, -0.05) is 56.3 Å². The summed E-state index contributed by atoms with van der Waals surface area (Å²) < 4.78 is 6.07. The van der Waals surface area contributed by atoms with Crippen LogP contribution in [0.2, 0.25) is 0 Å². The normalized spacial score (nSPS) is 20.7. The fourth-order valence-electron chi connectivity index (χ4n) is 5.28. The maximum Gasteiger partial charge on any atom is 0.248 e. The molecule has 0 aliphatic carbocycles. The first-order valence-corrected chi connectivity index (χ1v) is 12.3. The molecule has 1 fully saturated rings. The van der Waals surface area contributed by atoms with Crippen LogP contribution in [0.1, 0.15) is 47.3 Å². The Labute approximate surface area is 206 Å². The molecule has 1 saturated heterocycles. The van der Waals surface area contributed by atoms with Crippen LogP contribution in [0.5, 0.6) is 5.75 Å². The molecule has 2 heterocycles. The number of nitrogens with two attached hydrogens (primary N) is 1. The van der Waals surface area contributed by atoms with E-state index in [-0.39, 0.29) is 11.3 Å². The van der Waals surface area contributed by atoms with Crippen molar-refractivity contribution in [2.75, 3.05) is 13.1 Å². The molecule has 0 radical (unpaired) electrons. The van der Waals surface area contributed by atoms with Crippen molar-refractivity contribution in [1.29, 1.82) is 0 Å². The van der Waals surface area contributed by atoms with Crippen LogP contribution in [0.4, 0.5) is 0 Å². The molecule has 1 aliphatic heterocycles. The number of aromatic nitrogens is 1. The van der Waals surface area contributed by atoms with Crippen molar-refractivity contribution >= 4 is 16.8 Å². The van der Waals surface area contributed by atoms with Gasteiger partial charge in [0.05, 0.1) is 0 Å². The Morgan fingerprint density at radius 1 is 1.11 bits per heavy atom. The number of hydrogen-bond acceptors (Lipinski definition) is 3. The minimum atomic E-state index is -0.369. The Bertz CT molecular complexity index is 1330. The zero-order chi connectivity index (χ0) is 24.4. The second-order valence-electron chi connectivity index (χ2n) is 10.0. The average Bonchev–Trinajstić information content (AvgIpc) is 3.27. The van der Waals surface area contributed by atoms with Gasteiger partial charge in [0.1, 0.15) is 12.4 Å². The van der Waals surface area contributed by atoms with E-state index in [0.717, 1.165) is 42.9 Å². The summed E-state index contributed by atoms with van der Waals surface area (Å²) in [6.07, 6.45) is 3.16. The Hall–Kier alpha value is -3.57. The number of primary amides is 1. The summed E-state index contributed by atoms with van der Waals surface area (Å²) in [4.78, 5) is 17.7. The van der Waals surface area contributed by atoms with Gasteiger partial charge in [-0.15, -0.1) is 0 Å². The van der Waals surface area contributed by atoms with Gasteiger partial charge < -0.3 is 15.5 Å². The third kappa shape index (κ3) is 4.82. The number of ether oxygens (including phenoxy) is 1. The van der Waals surface area contributed by atoms with Crippen molar-refractivity contribution in [3.63, 3.8) is 0 Å². The first-order valence-electron chi connectivity index (χ1n) is 12.3. The minimum Gasteiger partial charge on any atom is -0.489 e. The van der Waals surface area contributed by atoms with Crippen molar-refractivity contribution < 1.29 is 9.53 Å². The monoisotopic (exact) mass is 467 g/mol. The molecule has 3 aromatic carbocycles.